The number of likely N-dealkylation sites (N-methyl/N-ethyl adjacent to an activating group) is 1. The summed E-state index contributed by atoms with van der Waals surface area (Å²) in [5.41, 5.74) is 2.48. The number of carbonyl (C=O) groups excluding carboxylic acids is 1. The largest absolute Gasteiger partial charge is 0.497 e. The van der Waals surface area contributed by atoms with E-state index < -0.39 is 0 Å². The number of ether oxygens (including phenoxy) is 3. The van der Waals surface area contributed by atoms with Crippen molar-refractivity contribution in [3.8, 4) is 17.2 Å². The van der Waals surface area contributed by atoms with E-state index in [4.69, 9.17) is 14.2 Å². The molecular weight excluding hydrogens is 416 g/mol. The van der Waals surface area contributed by atoms with Crippen molar-refractivity contribution in [1.82, 2.24) is 9.80 Å². The van der Waals surface area contributed by atoms with Crippen molar-refractivity contribution in [2.75, 3.05) is 33.5 Å². The highest BCUT2D eigenvalue weighted by Gasteiger charge is 2.37. The molecule has 33 heavy (non-hydrogen) atoms. The molecule has 2 aromatic rings. The molecule has 0 N–H and O–H groups in total. The molecule has 0 spiro atoms. The Morgan fingerprint density at radius 1 is 1.06 bits per heavy atom. The molecule has 2 aromatic carbocycles. The highest BCUT2D eigenvalue weighted by molar-refractivity contribution is 5.78. The number of hydrogen-bond donors (Lipinski definition) is 0. The molecule has 1 amide bonds. The van der Waals surface area contributed by atoms with Gasteiger partial charge in [-0.15, -0.1) is 0 Å². The van der Waals surface area contributed by atoms with Crippen LogP contribution in [0.5, 0.6) is 17.2 Å². The summed E-state index contributed by atoms with van der Waals surface area (Å²) in [5, 5.41) is 0. The van der Waals surface area contributed by atoms with Crippen LogP contribution in [-0.4, -0.2) is 55.3 Å². The Morgan fingerprint density at radius 3 is 2.52 bits per heavy atom. The van der Waals surface area contributed by atoms with Gasteiger partial charge >= 0.3 is 0 Å². The number of nitrogens with zero attached hydrogens (tertiary/aromatic N) is 2. The van der Waals surface area contributed by atoms with Gasteiger partial charge in [0.25, 0.3) is 0 Å². The lowest BCUT2D eigenvalue weighted by Gasteiger charge is -2.31. The normalized spacial score (nSPS) is 22.6. The van der Waals surface area contributed by atoms with Crippen LogP contribution in [0.4, 0.5) is 0 Å². The summed E-state index contributed by atoms with van der Waals surface area (Å²) in [4.78, 5) is 17.9. The van der Waals surface area contributed by atoms with Crippen molar-refractivity contribution >= 4 is 5.91 Å². The summed E-state index contributed by atoms with van der Waals surface area (Å²) in [7, 11) is 1.69. The Labute approximate surface area is 196 Å². The smallest absolute Gasteiger partial charge is 0.237 e. The number of rotatable bonds is 7. The van der Waals surface area contributed by atoms with E-state index >= 15 is 0 Å². The molecular formula is C27H34N2O4. The minimum Gasteiger partial charge on any atom is -0.497 e. The lowest BCUT2D eigenvalue weighted by molar-refractivity contribution is -0.134. The number of carbonyl (C=O) groups is 1. The predicted molar refractivity (Wildman–Crippen MR) is 127 cm³/mol. The minimum absolute atomic E-state index is 0.192. The summed E-state index contributed by atoms with van der Waals surface area (Å²) in [6.45, 7) is 4.49. The van der Waals surface area contributed by atoms with Gasteiger partial charge in [-0.3, -0.25) is 9.69 Å². The van der Waals surface area contributed by atoms with Crippen LogP contribution in [0.1, 0.15) is 62.1 Å². The molecule has 3 aliphatic rings. The number of likely N-dealkylation sites (tertiary alicyclic amines) is 1. The van der Waals surface area contributed by atoms with Gasteiger partial charge in [0.05, 0.1) is 13.7 Å². The van der Waals surface area contributed by atoms with E-state index in [1.807, 2.05) is 18.2 Å². The number of methoxy groups -OCH3 is 1. The average Bonchev–Trinajstić information content (AvgIpc) is 3.60. The number of benzene rings is 2. The fraction of sp³-hybridized carbons (Fsp3) is 0.519. The van der Waals surface area contributed by atoms with Crippen LogP contribution in [0.25, 0.3) is 0 Å². The third kappa shape index (κ3) is 4.54. The zero-order valence-corrected chi connectivity index (χ0v) is 19.7. The Hall–Kier alpha value is -2.73. The summed E-state index contributed by atoms with van der Waals surface area (Å²) in [6.07, 6.45) is 5.72. The van der Waals surface area contributed by atoms with Crippen molar-refractivity contribution < 1.29 is 19.0 Å². The van der Waals surface area contributed by atoms with E-state index in [-0.39, 0.29) is 18.7 Å². The maximum atomic E-state index is 13.4. The fourth-order valence-electron chi connectivity index (χ4n) is 5.78. The Balaban J connectivity index is 1.38. The van der Waals surface area contributed by atoms with Crippen LogP contribution >= 0.6 is 0 Å². The van der Waals surface area contributed by atoms with Crippen LogP contribution < -0.4 is 14.2 Å². The maximum Gasteiger partial charge on any atom is 0.237 e. The topological polar surface area (TPSA) is 51.2 Å². The predicted octanol–water partition coefficient (Wildman–Crippen LogP) is 4.75. The first-order valence-corrected chi connectivity index (χ1v) is 12.2. The fourth-order valence-corrected chi connectivity index (χ4v) is 5.78. The second-order valence-electron chi connectivity index (χ2n) is 9.38. The van der Waals surface area contributed by atoms with Gasteiger partial charge in [0.1, 0.15) is 5.75 Å². The lowest BCUT2D eigenvalue weighted by atomic mass is 9.93. The first-order valence-electron chi connectivity index (χ1n) is 12.2. The molecule has 2 aliphatic heterocycles. The quantitative estimate of drug-likeness (QED) is 0.610. The molecule has 1 aliphatic carbocycles. The maximum absolute atomic E-state index is 13.4. The second kappa shape index (κ2) is 9.64. The number of amides is 1. The highest BCUT2D eigenvalue weighted by Crippen LogP contribution is 2.43. The van der Waals surface area contributed by atoms with Gasteiger partial charge in [0.2, 0.25) is 12.7 Å². The molecule has 0 bridgehead atoms. The molecule has 2 atom stereocenters. The molecule has 176 valence electrons. The minimum atomic E-state index is 0.192. The molecule has 6 nitrogen and oxygen atoms in total. The van der Waals surface area contributed by atoms with Crippen LogP contribution in [0.2, 0.25) is 0 Å². The summed E-state index contributed by atoms with van der Waals surface area (Å²) in [6, 6.07) is 15.2. The summed E-state index contributed by atoms with van der Waals surface area (Å²) < 4.78 is 16.5. The van der Waals surface area contributed by atoms with E-state index in [1.165, 1.54) is 24.0 Å². The second-order valence-corrected chi connectivity index (χ2v) is 9.38. The van der Waals surface area contributed by atoms with Crippen molar-refractivity contribution in [1.29, 1.82) is 0 Å². The Kier molecular flexibility index (Phi) is 6.45. The number of fused-ring (bicyclic) bond motifs is 1. The van der Waals surface area contributed by atoms with Crippen molar-refractivity contribution in [3.05, 3.63) is 53.6 Å². The average molecular weight is 451 g/mol. The summed E-state index contributed by atoms with van der Waals surface area (Å²) >= 11 is 0. The first-order chi connectivity index (χ1) is 16.2. The molecule has 0 unspecified atom stereocenters. The van der Waals surface area contributed by atoms with Crippen molar-refractivity contribution in [2.24, 2.45) is 0 Å². The Morgan fingerprint density at radius 2 is 1.79 bits per heavy atom. The van der Waals surface area contributed by atoms with Gasteiger partial charge in [0, 0.05) is 25.2 Å². The van der Waals surface area contributed by atoms with E-state index in [9.17, 15) is 4.79 Å². The van der Waals surface area contributed by atoms with Gasteiger partial charge in [-0.1, -0.05) is 31.0 Å². The van der Waals surface area contributed by atoms with Crippen LogP contribution in [-0.2, 0) is 4.79 Å². The van der Waals surface area contributed by atoms with Gasteiger partial charge in [0.15, 0.2) is 11.5 Å². The van der Waals surface area contributed by atoms with Gasteiger partial charge in [-0.05, 0) is 67.5 Å². The molecule has 1 saturated heterocycles. The molecule has 1 saturated carbocycles. The van der Waals surface area contributed by atoms with Crippen molar-refractivity contribution in [3.63, 3.8) is 0 Å². The molecule has 2 heterocycles. The van der Waals surface area contributed by atoms with Crippen molar-refractivity contribution in [2.45, 2.75) is 57.0 Å². The van der Waals surface area contributed by atoms with Gasteiger partial charge in [-0.25, -0.2) is 0 Å². The zero-order valence-electron chi connectivity index (χ0n) is 19.7. The zero-order chi connectivity index (χ0) is 22.8. The van der Waals surface area contributed by atoms with E-state index in [2.05, 4.69) is 41.0 Å². The third-order valence-electron chi connectivity index (χ3n) is 7.54. The standard InChI is InChI=1S/C27H34N2O4/c1-3-29(22-6-4-5-7-22)27(30)17-28-16-21(20-10-13-25-26(15-20)33-18-32-25)14-24(28)19-8-11-23(31-2)12-9-19/h8-13,15,21-22,24H,3-7,14,16-18H2,1-2H3/t21-,24+/m0/s1. The van der Waals surface area contributed by atoms with E-state index in [0.717, 1.165) is 49.6 Å². The van der Waals surface area contributed by atoms with E-state index in [1.54, 1.807) is 7.11 Å². The first kappa shape index (κ1) is 22.1. The molecule has 5 rings (SSSR count). The molecule has 0 radical (unpaired) electrons. The van der Waals surface area contributed by atoms with Crippen LogP contribution in [0.15, 0.2) is 42.5 Å². The summed E-state index contributed by atoms with van der Waals surface area (Å²) in [5.74, 6) is 3.08. The van der Waals surface area contributed by atoms with Gasteiger partial charge < -0.3 is 19.1 Å². The van der Waals surface area contributed by atoms with Gasteiger partial charge in [-0.2, -0.15) is 0 Å². The van der Waals surface area contributed by atoms with E-state index in [0.29, 0.717) is 18.5 Å². The lowest BCUT2D eigenvalue weighted by Crippen LogP contribution is -2.44. The molecule has 0 aromatic heterocycles. The molecule has 6 heteroatoms. The molecule has 2 fully saturated rings. The SMILES string of the molecule is CCN(C(=O)CN1C[C@@H](c2ccc3c(c2)OCO3)C[C@@H]1c1ccc(OC)cc1)C1CCCC1. The Bertz CT molecular complexity index is 971. The third-order valence-corrected chi connectivity index (χ3v) is 7.54. The number of hydrogen-bond acceptors (Lipinski definition) is 5. The highest BCUT2D eigenvalue weighted by atomic mass is 16.7. The van der Waals surface area contributed by atoms with Crippen LogP contribution in [0, 0.1) is 0 Å². The monoisotopic (exact) mass is 450 g/mol. The van der Waals surface area contributed by atoms with Crippen LogP contribution in [0.3, 0.4) is 0 Å².